The van der Waals surface area contributed by atoms with E-state index in [2.05, 4.69) is 0 Å². The third-order valence-corrected chi connectivity index (χ3v) is 8.75. The summed E-state index contributed by atoms with van der Waals surface area (Å²) in [7, 11) is 0. The van der Waals surface area contributed by atoms with E-state index in [1.807, 2.05) is 0 Å². The van der Waals surface area contributed by atoms with Gasteiger partial charge in [0.25, 0.3) is 0 Å². The Balaban J connectivity index is 2.01. The second-order valence-corrected chi connectivity index (χ2v) is 11.3. The van der Waals surface area contributed by atoms with Crippen LogP contribution in [0, 0.1) is 17.8 Å². The Labute approximate surface area is 197 Å². The average Bonchev–Trinajstić information content (AvgIpc) is 2.76. The van der Waals surface area contributed by atoms with Crippen LogP contribution < -0.4 is 5.73 Å². The van der Waals surface area contributed by atoms with E-state index in [1.165, 1.54) is 167 Å². The quantitative estimate of drug-likeness (QED) is 0.397. The van der Waals surface area contributed by atoms with E-state index in [4.69, 9.17) is 5.73 Å². The molecule has 0 radical (unpaired) electrons. The fourth-order valence-electron chi connectivity index (χ4n) is 6.80. The molecule has 184 valence electrons. The van der Waals surface area contributed by atoms with Gasteiger partial charge in [-0.3, -0.25) is 0 Å². The van der Waals surface area contributed by atoms with Gasteiger partial charge in [0, 0.05) is 0 Å². The van der Waals surface area contributed by atoms with Crippen molar-refractivity contribution in [2.24, 2.45) is 23.5 Å². The number of unbranched alkanes of at least 4 members (excludes halogenated alkanes) is 2. The molecule has 0 aromatic heterocycles. The van der Waals surface area contributed by atoms with Crippen molar-refractivity contribution in [3.05, 3.63) is 0 Å². The van der Waals surface area contributed by atoms with Crippen LogP contribution in [0.25, 0.3) is 0 Å². The van der Waals surface area contributed by atoms with Crippen LogP contribution in [0.2, 0.25) is 0 Å². The molecule has 1 heteroatoms. The summed E-state index contributed by atoms with van der Waals surface area (Å²) in [4.78, 5) is 0. The van der Waals surface area contributed by atoms with E-state index >= 15 is 0 Å². The first-order valence-corrected chi connectivity index (χ1v) is 15.1. The topological polar surface area (TPSA) is 26.0 Å². The molecular weight excluding hydrogens is 374 g/mol. The highest BCUT2D eigenvalue weighted by Crippen LogP contribution is 2.39. The minimum Gasteiger partial charge on any atom is -0.330 e. The molecule has 2 fully saturated rings. The van der Waals surface area contributed by atoms with Crippen molar-refractivity contribution in [2.45, 2.75) is 167 Å². The van der Waals surface area contributed by atoms with Crippen molar-refractivity contribution in [3.63, 3.8) is 0 Å². The van der Waals surface area contributed by atoms with Crippen LogP contribution in [0.5, 0.6) is 0 Å². The zero-order valence-corrected chi connectivity index (χ0v) is 21.4. The number of nitrogens with two attached hydrogens (primary N) is 1. The fourth-order valence-corrected chi connectivity index (χ4v) is 6.80. The molecule has 2 saturated carbocycles. The molecule has 0 aromatic carbocycles. The van der Waals surface area contributed by atoms with Crippen molar-refractivity contribution < 1.29 is 0 Å². The summed E-state index contributed by atoms with van der Waals surface area (Å²) in [5.74, 6) is 3.06. The van der Waals surface area contributed by atoms with Crippen LogP contribution in [0.3, 0.4) is 0 Å². The lowest BCUT2D eigenvalue weighted by molar-refractivity contribution is 0.155. The highest BCUT2D eigenvalue weighted by molar-refractivity contribution is 4.79. The molecule has 0 unspecified atom stereocenters. The standard InChI is InChI=1S/C30H59N/c31-27-21-15-20-26-30(28-22-16-11-7-3-1-4-8-12-17-23-28)29-24-18-13-9-5-2-6-10-14-19-25-29/h28-30H,1-27,31H2. The molecule has 0 saturated heterocycles. The summed E-state index contributed by atoms with van der Waals surface area (Å²) >= 11 is 0. The maximum atomic E-state index is 5.83. The minimum atomic E-state index is 0.886. The van der Waals surface area contributed by atoms with Gasteiger partial charge in [0.15, 0.2) is 0 Å². The summed E-state index contributed by atoms with van der Waals surface area (Å²) in [6, 6.07) is 0. The van der Waals surface area contributed by atoms with Gasteiger partial charge in [-0.05, 0) is 37.1 Å². The van der Waals surface area contributed by atoms with Crippen molar-refractivity contribution >= 4 is 0 Å². The normalized spacial score (nSPS) is 23.4. The molecular formula is C30H59N. The van der Waals surface area contributed by atoms with Crippen LogP contribution in [-0.2, 0) is 0 Å². The zero-order chi connectivity index (χ0) is 21.8. The second kappa shape index (κ2) is 19.4. The Hall–Kier alpha value is -0.0400. The molecule has 0 atom stereocenters. The zero-order valence-electron chi connectivity index (χ0n) is 21.4. The first-order valence-electron chi connectivity index (χ1n) is 15.1. The second-order valence-electron chi connectivity index (χ2n) is 11.3. The van der Waals surface area contributed by atoms with E-state index in [0.29, 0.717) is 0 Å². The lowest BCUT2D eigenvalue weighted by atomic mass is 9.70. The SMILES string of the molecule is NCCCCCC(C1CCCCCCCCCCC1)C1CCCCCCCCCCC1. The van der Waals surface area contributed by atoms with Gasteiger partial charge in [0.2, 0.25) is 0 Å². The van der Waals surface area contributed by atoms with Crippen LogP contribution >= 0.6 is 0 Å². The van der Waals surface area contributed by atoms with Crippen LogP contribution in [-0.4, -0.2) is 6.54 Å². The van der Waals surface area contributed by atoms with Gasteiger partial charge in [-0.2, -0.15) is 0 Å². The largest absolute Gasteiger partial charge is 0.330 e. The molecule has 2 aliphatic carbocycles. The van der Waals surface area contributed by atoms with Crippen LogP contribution in [0.4, 0.5) is 0 Å². The minimum absolute atomic E-state index is 0.886. The molecule has 0 bridgehead atoms. The third-order valence-electron chi connectivity index (χ3n) is 8.75. The summed E-state index contributed by atoms with van der Waals surface area (Å²) < 4.78 is 0. The summed E-state index contributed by atoms with van der Waals surface area (Å²) in [5.41, 5.74) is 5.83. The molecule has 0 amide bonds. The van der Waals surface area contributed by atoms with E-state index < -0.39 is 0 Å². The maximum absolute atomic E-state index is 5.83. The molecule has 0 aromatic rings. The van der Waals surface area contributed by atoms with E-state index in [1.54, 1.807) is 0 Å². The Morgan fingerprint density at radius 2 is 0.742 bits per heavy atom. The fraction of sp³-hybridized carbons (Fsp3) is 1.00. The molecule has 0 aliphatic heterocycles. The summed E-state index contributed by atoms with van der Waals surface area (Å²) in [5, 5.41) is 0. The molecule has 1 nitrogen and oxygen atoms in total. The predicted octanol–water partition coefficient (Wildman–Crippen LogP) is 9.96. The van der Waals surface area contributed by atoms with Gasteiger partial charge in [-0.15, -0.1) is 0 Å². The smallest absolute Gasteiger partial charge is 0.00773 e. The Kier molecular flexibility index (Phi) is 17.1. The average molecular weight is 434 g/mol. The van der Waals surface area contributed by atoms with Crippen molar-refractivity contribution in [2.75, 3.05) is 6.54 Å². The van der Waals surface area contributed by atoms with Gasteiger partial charge in [0.1, 0.15) is 0 Å². The van der Waals surface area contributed by atoms with E-state index in [0.717, 1.165) is 24.3 Å². The lowest BCUT2D eigenvalue weighted by Gasteiger charge is -2.35. The first kappa shape index (κ1) is 27.2. The molecule has 2 aliphatic rings. The van der Waals surface area contributed by atoms with Crippen LogP contribution in [0.15, 0.2) is 0 Å². The Morgan fingerprint density at radius 1 is 0.419 bits per heavy atom. The highest BCUT2D eigenvalue weighted by atomic mass is 14.5. The maximum Gasteiger partial charge on any atom is -0.00773 e. The number of hydrogen-bond acceptors (Lipinski definition) is 1. The van der Waals surface area contributed by atoms with Crippen LogP contribution in [0.1, 0.15) is 167 Å². The predicted molar refractivity (Wildman–Crippen MR) is 140 cm³/mol. The van der Waals surface area contributed by atoms with Gasteiger partial charge < -0.3 is 5.73 Å². The van der Waals surface area contributed by atoms with Crippen molar-refractivity contribution in [3.8, 4) is 0 Å². The molecule has 2 N–H and O–H groups in total. The third kappa shape index (κ3) is 13.3. The van der Waals surface area contributed by atoms with Gasteiger partial charge in [0.05, 0.1) is 0 Å². The van der Waals surface area contributed by atoms with Gasteiger partial charge in [-0.1, -0.05) is 154 Å². The first-order chi connectivity index (χ1) is 15.4. The van der Waals surface area contributed by atoms with E-state index in [9.17, 15) is 0 Å². The highest BCUT2D eigenvalue weighted by Gasteiger charge is 2.28. The monoisotopic (exact) mass is 433 g/mol. The number of rotatable bonds is 7. The van der Waals surface area contributed by atoms with Crippen molar-refractivity contribution in [1.29, 1.82) is 0 Å². The Bertz CT molecular complexity index is 325. The van der Waals surface area contributed by atoms with Gasteiger partial charge in [-0.25, -0.2) is 0 Å². The Morgan fingerprint density at radius 3 is 1.06 bits per heavy atom. The van der Waals surface area contributed by atoms with E-state index in [-0.39, 0.29) is 0 Å². The lowest BCUT2D eigenvalue weighted by Crippen LogP contribution is -2.25. The molecule has 2 rings (SSSR count). The number of hydrogen-bond donors (Lipinski definition) is 1. The summed E-state index contributed by atoms with van der Waals surface area (Å²) in [6.45, 7) is 0.886. The van der Waals surface area contributed by atoms with Gasteiger partial charge >= 0.3 is 0 Å². The molecule has 31 heavy (non-hydrogen) atoms. The van der Waals surface area contributed by atoms with Crippen molar-refractivity contribution in [1.82, 2.24) is 0 Å². The molecule has 0 heterocycles. The molecule has 0 spiro atoms. The summed E-state index contributed by atoms with van der Waals surface area (Å²) in [6.07, 6.45) is 38.7.